The van der Waals surface area contributed by atoms with Crippen molar-refractivity contribution in [3.8, 4) is 0 Å². The minimum Gasteiger partial charge on any atom is -0.295 e. The number of carbonyl (C=O) groups excluding carboxylic acids is 2. The van der Waals surface area contributed by atoms with Gasteiger partial charge in [-0.25, -0.2) is 13.2 Å². The van der Waals surface area contributed by atoms with E-state index in [1.165, 1.54) is 23.1 Å². The third-order valence-corrected chi connectivity index (χ3v) is 4.49. The topological polar surface area (TPSA) is 37.4 Å². The second-order valence-corrected chi connectivity index (χ2v) is 5.96. The molecule has 0 amide bonds. The van der Waals surface area contributed by atoms with Crippen molar-refractivity contribution in [3.05, 3.63) is 71.0 Å². The van der Waals surface area contributed by atoms with Gasteiger partial charge in [0.2, 0.25) is 12.2 Å². The Bertz CT molecular complexity index is 794. The van der Waals surface area contributed by atoms with Crippen molar-refractivity contribution in [1.82, 2.24) is 4.90 Å². The van der Waals surface area contributed by atoms with Gasteiger partial charge in [-0.15, -0.1) is 0 Å². The lowest BCUT2D eigenvalue weighted by atomic mass is 9.97. The van der Waals surface area contributed by atoms with Crippen LogP contribution in [0.2, 0.25) is 0 Å². The molecule has 0 fully saturated rings. The zero-order valence-corrected chi connectivity index (χ0v) is 13.2. The zero-order valence-electron chi connectivity index (χ0n) is 13.2. The first-order valence-corrected chi connectivity index (χ1v) is 7.88. The third kappa shape index (κ3) is 3.35. The molecule has 0 aromatic heterocycles. The van der Waals surface area contributed by atoms with E-state index >= 15 is 0 Å². The van der Waals surface area contributed by atoms with Crippen molar-refractivity contribution in [1.29, 1.82) is 0 Å². The van der Waals surface area contributed by atoms with Gasteiger partial charge in [-0.1, -0.05) is 42.5 Å². The second kappa shape index (κ2) is 7.19. The fraction of sp³-hybridized carbons (Fsp3) is 0.263. The monoisotopic (exact) mass is 347 g/mol. The van der Waals surface area contributed by atoms with Crippen LogP contribution in [0.1, 0.15) is 35.2 Å². The van der Waals surface area contributed by atoms with E-state index in [9.17, 15) is 22.8 Å². The molecule has 0 aliphatic carbocycles. The first-order chi connectivity index (χ1) is 12.0. The molecule has 3 nitrogen and oxygen atoms in total. The normalized spacial score (nSPS) is 18.2. The average Bonchev–Trinajstić information content (AvgIpc) is 2.99. The first kappa shape index (κ1) is 17.4. The molecule has 0 spiro atoms. The Hall–Kier alpha value is -2.47. The fourth-order valence-electron chi connectivity index (χ4n) is 3.44. The maximum atomic E-state index is 14.3. The summed E-state index contributed by atoms with van der Waals surface area (Å²) in [4.78, 5) is 24.8. The summed E-state index contributed by atoms with van der Waals surface area (Å²) in [6, 6.07) is 10.7. The van der Waals surface area contributed by atoms with E-state index < -0.39 is 36.5 Å². The van der Waals surface area contributed by atoms with Crippen LogP contribution < -0.4 is 0 Å². The number of Topliss-reactive ketones (excluding diaryl/α,β-unsaturated/α-hetero) is 1. The lowest BCUT2D eigenvalue weighted by Crippen LogP contribution is -2.34. The predicted molar refractivity (Wildman–Crippen MR) is 85.6 cm³/mol. The van der Waals surface area contributed by atoms with Crippen molar-refractivity contribution >= 4 is 12.1 Å². The minimum atomic E-state index is -2.68. The van der Waals surface area contributed by atoms with Gasteiger partial charge in [-0.3, -0.25) is 14.5 Å². The Kier molecular flexibility index (Phi) is 4.99. The molecule has 0 N–H and O–H groups in total. The number of carbonyl (C=O) groups is 2. The van der Waals surface area contributed by atoms with Gasteiger partial charge in [0.15, 0.2) is 6.29 Å². The van der Waals surface area contributed by atoms with Crippen molar-refractivity contribution in [2.24, 2.45) is 0 Å². The highest BCUT2D eigenvalue weighted by atomic mass is 19.3. The summed E-state index contributed by atoms with van der Waals surface area (Å²) < 4.78 is 40.6. The molecule has 25 heavy (non-hydrogen) atoms. The van der Waals surface area contributed by atoms with Crippen LogP contribution in [0, 0.1) is 5.82 Å². The molecule has 130 valence electrons. The van der Waals surface area contributed by atoms with Crippen LogP contribution in [-0.2, 0) is 16.1 Å². The number of benzene rings is 2. The van der Waals surface area contributed by atoms with Crippen molar-refractivity contribution < 1.29 is 22.8 Å². The van der Waals surface area contributed by atoms with Gasteiger partial charge in [0.25, 0.3) is 0 Å². The Labute approximate surface area is 143 Å². The number of hydrogen-bond acceptors (Lipinski definition) is 3. The van der Waals surface area contributed by atoms with Crippen LogP contribution in [0.25, 0.3) is 0 Å². The largest absolute Gasteiger partial charge is 0.295 e. The Balaban J connectivity index is 2.07. The summed E-state index contributed by atoms with van der Waals surface area (Å²) in [6.07, 6.45) is -3.11. The highest BCUT2D eigenvalue weighted by Gasteiger charge is 2.40. The molecule has 2 aromatic carbocycles. The molecular weight excluding hydrogens is 331 g/mol. The molecule has 3 rings (SSSR count). The number of halogens is 3. The Morgan fingerprint density at radius 3 is 2.52 bits per heavy atom. The molecule has 0 saturated carbocycles. The number of fused-ring (bicyclic) bond motifs is 1. The van der Waals surface area contributed by atoms with Crippen LogP contribution >= 0.6 is 0 Å². The van der Waals surface area contributed by atoms with Crippen molar-refractivity contribution in [3.63, 3.8) is 0 Å². The summed E-state index contributed by atoms with van der Waals surface area (Å²) in [5.74, 6) is -1.33. The highest BCUT2D eigenvalue weighted by Crippen LogP contribution is 2.42. The summed E-state index contributed by atoms with van der Waals surface area (Å²) >= 11 is 0. The Morgan fingerprint density at radius 1 is 1.16 bits per heavy atom. The van der Waals surface area contributed by atoms with Gasteiger partial charge in [0.1, 0.15) is 11.9 Å². The average molecular weight is 347 g/mol. The van der Waals surface area contributed by atoms with Crippen LogP contribution in [0.15, 0.2) is 48.5 Å². The minimum absolute atomic E-state index is 0.0966. The molecule has 2 unspecified atom stereocenters. The van der Waals surface area contributed by atoms with Gasteiger partial charge in [0.05, 0.1) is 0 Å². The maximum absolute atomic E-state index is 14.3. The first-order valence-electron chi connectivity index (χ1n) is 7.88. The summed E-state index contributed by atoms with van der Waals surface area (Å²) in [5, 5.41) is 0. The molecule has 0 radical (unpaired) electrons. The SMILES string of the molecule is O=CC(=O)C1c2ccccc2CN1C(CC(F)F)c1ccccc1F. The van der Waals surface area contributed by atoms with Crippen LogP contribution in [-0.4, -0.2) is 23.4 Å². The van der Waals surface area contributed by atoms with Crippen LogP contribution in [0.5, 0.6) is 0 Å². The number of ketones is 1. The van der Waals surface area contributed by atoms with Gasteiger partial charge in [-0.05, 0) is 17.2 Å². The van der Waals surface area contributed by atoms with Crippen molar-refractivity contribution in [2.45, 2.75) is 31.5 Å². The molecule has 2 aromatic rings. The van der Waals surface area contributed by atoms with E-state index in [-0.39, 0.29) is 18.4 Å². The number of rotatable bonds is 6. The molecule has 1 heterocycles. The molecule has 1 aliphatic heterocycles. The van der Waals surface area contributed by atoms with E-state index in [1.54, 1.807) is 30.3 Å². The highest BCUT2D eigenvalue weighted by molar-refractivity contribution is 6.27. The van der Waals surface area contributed by atoms with Gasteiger partial charge in [-0.2, -0.15) is 0 Å². The second-order valence-electron chi connectivity index (χ2n) is 5.96. The lowest BCUT2D eigenvalue weighted by Gasteiger charge is -2.32. The third-order valence-electron chi connectivity index (χ3n) is 4.49. The van der Waals surface area contributed by atoms with E-state index in [1.807, 2.05) is 0 Å². The smallest absolute Gasteiger partial charge is 0.240 e. The molecule has 0 saturated heterocycles. The van der Waals surface area contributed by atoms with Gasteiger partial charge in [0, 0.05) is 24.6 Å². The fourth-order valence-corrected chi connectivity index (χ4v) is 3.44. The lowest BCUT2D eigenvalue weighted by molar-refractivity contribution is -0.134. The number of alkyl halides is 2. The zero-order chi connectivity index (χ0) is 18.0. The van der Waals surface area contributed by atoms with E-state index in [0.717, 1.165) is 5.56 Å². The molecule has 2 atom stereocenters. The standard InChI is InChI=1S/C19H16F3NO2/c20-15-8-4-3-7-14(15)16(9-18(21)22)23-10-12-5-1-2-6-13(12)19(23)17(25)11-24/h1-8,11,16,18-19H,9-10H2. The van der Waals surface area contributed by atoms with E-state index in [4.69, 9.17) is 0 Å². The molecule has 1 aliphatic rings. The van der Waals surface area contributed by atoms with Gasteiger partial charge < -0.3 is 0 Å². The number of hydrogen-bond donors (Lipinski definition) is 0. The molecule has 0 bridgehead atoms. The van der Waals surface area contributed by atoms with E-state index in [2.05, 4.69) is 0 Å². The predicted octanol–water partition coefficient (Wildman–Crippen LogP) is 3.85. The number of aldehydes is 1. The van der Waals surface area contributed by atoms with Gasteiger partial charge >= 0.3 is 0 Å². The summed E-state index contributed by atoms with van der Waals surface area (Å²) in [7, 11) is 0. The summed E-state index contributed by atoms with van der Waals surface area (Å²) in [6.45, 7) is 0.201. The van der Waals surface area contributed by atoms with Crippen LogP contribution in [0.3, 0.4) is 0 Å². The molecular formula is C19H16F3NO2. The maximum Gasteiger partial charge on any atom is 0.240 e. The number of nitrogens with zero attached hydrogens (tertiary/aromatic N) is 1. The van der Waals surface area contributed by atoms with Crippen LogP contribution in [0.4, 0.5) is 13.2 Å². The summed E-state index contributed by atoms with van der Waals surface area (Å²) in [5.41, 5.74) is 1.48. The quantitative estimate of drug-likeness (QED) is 0.588. The molecule has 6 heteroatoms. The van der Waals surface area contributed by atoms with E-state index in [0.29, 0.717) is 5.56 Å². The Morgan fingerprint density at radius 2 is 1.84 bits per heavy atom. The van der Waals surface area contributed by atoms with Crippen molar-refractivity contribution in [2.75, 3.05) is 0 Å².